The molecule has 0 heterocycles. The number of aliphatic imine (C=N–C) groups is 1. The van der Waals surface area contributed by atoms with Crippen LogP contribution in [0.3, 0.4) is 0 Å². The minimum absolute atomic E-state index is 0.0279. The molecular weight excluding hydrogens is 213 g/mol. The van der Waals surface area contributed by atoms with Gasteiger partial charge in [0.2, 0.25) is 6.08 Å². The second-order valence-electron chi connectivity index (χ2n) is 3.74. The van der Waals surface area contributed by atoms with Crippen molar-refractivity contribution in [3.8, 4) is 11.5 Å². The lowest BCUT2D eigenvalue weighted by Crippen LogP contribution is -2.04. The van der Waals surface area contributed by atoms with Gasteiger partial charge in [0.05, 0.1) is 7.11 Å². The van der Waals surface area contributed by atoms with E-state index in [1.165, 1.54) is 19.3 Å². The van der Waals surface area contributed by atoms with Gasteiger partial charge in [-0.2, -0.15) is 4.99 Å². The zero-order valence-electron chi connectivity index (χ0n) is 8.66. The van der Waals surface area contributed by atoms with E-state index in [0.29, 0.717) is 18.4 Å². The first-order chi connectivity index (χ1) is 7.63. The smallest absolute Gasteiger partial charge is 0.235 e. The fraction of sp³-hybridized carbons (Fsp3) is 0.364. The quantitative estimate of drug-likeness (QED) is 0.628. The minimum atomic E-state index is -0.729. The van der Waals surface area contributed by atoms with Gasteiger partial charge in [-0.1, -0.05) is 0 Å². The summed E-state index contributed by atoms with van der Waals surface area (Å²) in [6, 6.07) is 2.34. The van der Waals surface area contributed by atoms with Crippen molar-refractivity contribution in [3.63, 3.8) is 0 Å². The highest BCUT2D eigenvalue weighted by atomic mass is 19.1. The highest BCUT2D eigenvalue weighted by Gasteiger charge is 2.47. The standard InChI is InChI=1S/C11H10FNO3/c1-16-10-4-7(9(15)5-8(10)12)11(2-3-11)13-6-14/h4-5,15H,2-3H2,1H3. The van der Waals surface area contributed by atoms with Crippen LogP contribution in [0.15, 0.2) is 17.1 Å². The van der Waals surface area contributed by atoms with E-state index in [4.69, 9.17) is 4.74 Å². The van der Waals surface area contributed by atoms with Gasteiger partial charge in [-0.15, -0.1) is 0 Å². The van der Waals surface area contributed by atoms with Crippen LogP contribution in [-0.4, -0.2) is 18.3 Å². The number of phenolic OH excluding ortho intramolecular Hbond substituents is 1. The maximum absolute atomic E-state index is 13.2. The molecule has 1 saturated carbocycles. The number of aromatic hydroxyl groups is 1. The summed E-state index contributed by atoms with van der Waals surface area (Å²) >= 11 is 0. The number of rotatable bonds is 3. The lowest BCUT2D eigenvalue weighted by molar-refractivity contribution is 0.379. The van der Waals surface area contributed by atoms with Crippen LogP contribution < -0.4 is 4.74 Å². The molecule has 1 N–H and O–H groups in total. The maximum Gasteiger partial charge on any atom is 0.235 e. The predicted octanol–water partition coefficient (Wildman–Crippen LogP) is 1.86. The summed E-state index contributed by atoms with van der Waals surface area (Å²) in [5.41, 5.74) is -0.318. The van der Waals surface area contributed by atoms with Crippen molar-refractivity contribution in [1.82, 2.24) is 0 Å². The number of hydrogen-bond donors (Lipinski definition) is 1. The molecule has 1 aromatic rings. The van der Waals surface area contributed by atoms with Crippen molar-refractivity contribution in [1.29, 1.82) is 0 Å². The van der Waals surface area contributed by atoms with Crippen molar-refractivity contribution in [2.24, 2.45) is 4.99 Å². The Labute approximate surface area is 91.4 Å². The van der Waals surface area contributed by atoms with Crippen LogP contribution in [-0.2, 0) is 10.3 Å². The van der Waals surface area contributed by atoms with Gasteiger partial charge in [-0.25, -0.2) is 9.18 Å². The lowest BCUT2D eigenvalue weighted by Gasteiger charge is -2.12. The Balaban J connectivity index is 2.53. The zero-order chi connectivity index (χ0) is 11.8. The van der Waals surface area contributed by atoms with Gasteiger partial charge < -0.3 is 9.84 Å². The first-order valence-corrected chi connectivity index (χ1v) is 4.79. The van der Waals surface area contributed by atoms with Gasteiger partial charge >= 0.3 is 0 Å². The van der Waals surface area contributed by atoms with E-state index < -0.39 is 11.4 Å². The Morgan fingerprint density at radius 1 is 1.56 bits per heavy atom. The topological polar surface area (TPSA) is 58.9 Å². The Morgan fingerprint density at radius 2 is 2.25 bits per heavy atom. The molecule has 0 aliphatic heterocycles. The molecule has 1 aromatic carbocycles. The van der Waals surface area contributed by atoms with E-state index in [1.54, 1.807) is 0 Å². The number of benzene rings is 1. The molecule has 16 heavy (non-hydrogen) atoms. The predicted molar refractivity (Wildman–Crippen MR) is 53.7 cm³/mol. The molecule has 0 aromatic heterocycles. The van der Waals surface area contributed by atoms with E-state index in [0.717, 1.165) is 6.07 Å². The van der Waals surface area contributed by atoms with Crippen LogP contribution in [0.2, 0.25) is 0 Å². The van der Waals surface area contributed by atoms with Crippen LogP contribution in [0, 0.1) is 5.82 Å². The molecule has 5 heteroatoms. The third-order valence-corrected chi connectivity index (χ3v) is 2.75. The summed E-state index contributed by atoms with van der Waals surface area (Å²) in [5.74, 6) is -0.829. The molecule has 0 bridgehead atoms. The second kappa shape index (κ2) is 3.61. The molecule has 84 valence electrons. The number of nitrogens with zero attached hydrogens (tertiary/aromatic N) is 1. The number of ether oxygens (including phenoxy) is 1. The fourth-order valence-electron chi connectivity index (χ4n) is 1.72. The van der Waals surface area contributed by atoms with Gasteiger partial charge in [-0.3, -0.25) is 0 Å². The SMILES string of the molecule is COc1cc(C2(N=C=O)CC2)c(O)cc1F. The average Bonchev–Trinajstić information content (AvgIpc) is 2.99. The largest absolute Gasteiger partial charge is 0.507 e. The van der Waals surface area contributed by atoms with Crippen molar-refractivity contribution in [2.45, 2.75) is 18.4 Å². The Hall–Kier alpha value is -1.87. The minimum Gasteiger partial charge on any atom is -0.507 e. The first kappa shape index (κ1) is 10.6. The van der Waals surface area contributed by atoms with E-state index in [9.17, 15) is 14.3 Å². The number of phenols is 1. The third-order valence-electron chi connectivity index (χ3n) is 2.75. The van der Waals surface area contributed by atoms with Gasteiger partial charge in [0.1, 0.15) is 11.3 Å². The van der Waals surface area contributed by atoms with E-state index >= 15 is 0 Å². The second-order valence-corrected chi connectivity index (χ2v) is 3.74. The summed E-state index contributed by atoms with van der Waals surface area (Å²) in [5, 5.41) is 9.63. The number of carbonyl (C=O) groups excluding carboxylic acids is 1. The number of isocyanates is 1. The van der Waals surface area contributed by atoms with Crippen molar-refractivity contribution in [2.75, 3.05) is 7.11 Å². The summed E-state index contributed by atoms with van der Waals surface area (Å²) in [6.07, 6.45) is 2.76. The van der Waals surface area contributed by atoms with Crippen molar-refractivity contribution in [3.05, 3.63) is 23.5 Å². The molecule has 0 radical (unpaired) electrons. The Bertz CT molecular complexity index is 476. The fourth-order valence-corrected chi connectivity index (χ4v) is 1.72. The zero-order valence-corrected chi connectivity index (χ0v) is 8.66. The molecular formula is C11H10FNO3. The van der Waals surface area contributed by atoms with Crippen LogP contribution in [0.4, 0.5) is 4.39 Å². The molecule has 1 aliphatic carbocycles. The highest BCUT2D eigenvalue weighted by molar-refractivity contribution is 5.50. The van der Waals surface area contributed by atoms with Gasteiger partial charge in [0.25, 0.3) is 0 Å². The van der Waals surface area contributed by atoms with E-state index in [2.05, 4.69) is 4.99 Å². The molecule has 0 unspecified atom stereocenters. The number of hydrogen-bond acceptors (Lipinski definition) is 4. The molecule has 0 saturated heterocycles. The van der Waals surface area contributed by atoms with Gasteiger partial charge in [0.15, 0.2) is 11.6 Å². The molecule has 2 rings (SSSR count). The molecule has 0 spiro atoms. The van der Waals surface area contributed by atoms with Crippen molar-refractivity contribution < 1.29 is 19.0 Å². The highest BCUT2D eigenvalue weighted by Crippen LogP contribution is 2.53. The summed E-state index contributed by atoms with van der Waals surface area (Å²) in [7, 11) is 1.34. The van der Waals surface area contributed by atoms with Gasteiger partial charge in [0, 0.05) is 11.6 Å². The normalized spacial score (nSPS) is 16.4. The Morgan fingerprint density at radius 3 is 2.75 bits per heavy atom. The molecule has 0 atom stereocenters. The number of halogens is 1. The molecule has 0 amide bonds. The molecule has 4 nitrogen and oxygen atoms in total. The third kappa shape index (κ3) is 1.55. The monoisotopic (exact) mass is 223 g/mol. The number of methoxy groups -OCH3 is 1. The Kier molecular flexibility index (Phi) is 2.40. The first-order valence-electron chi connectivity index (χ1n) is 4.79. The van der Waals surface area contributed by atoms with Crippen LogP contribution >= 0.6 is 0 Å². The van der Waals surface area contributed by atoms with E-state index in [1.807, 2.05) is 0 Å². The summed E-state index contributed by atoms with van der Waals surface area (Å²) < 4.78 is 18.0. The van der Waals surface area contributed by atoms with Gasteiger partial charge in [-0.05, 0) is 18.9 Å². The average molecular weight is 223 g/mol. The van der Waals surface area contributed by atoms with Crippen LogP contribution in [0.1, 0.15) is 18.4 Å². The molecule has 1 fully saturated rings. The maximum atomic E-state index is 13.2. The molecule has 1 aliphatic rings. The summed E-state index contributed by atoms with van der Waals surface area (Å²) in [4.78, 5) is 13.9. The van der Waals surface area contributed by atoms with Crippen LogP contribution in [0.5, 0.6) is 11.5 Å². The van der Waals surface area contributed by atoms with Crippen molar-refractivity contribution >= 4 is 6.08 Å². The van der Waals surface area contributed by atoms with E-state index in [-0.39, 0.29) is 11.5 Å². The summed E-state index contributed by atoms with van der Waals surface area (Å²) in [6.45, 7) is 0. The lowest BCUT2D eigenvalue weighted by atomic mass is 10.0. The van der Waals surface area contributed by atoms with Crippen LogP contribution in [0.25, 0.3) is 0 Å².